The van der Waals surface area contributed by atoms with Crippen molar-refractivity contribution in [2.24, 2.45) is 10.2 Å². The van der Waals surface area contributed by atoms with Gasteiger partial charge in [-0.05, 0) is 24.3 Å². The first-order valence-corrected chi connectivity index (χ1v) is 8.04. The van der Waals surface area contributed by atoms with Gasteiger partial charge < -0.3 is 9.47 Å². The topological polar surface area (TPSA) is 101 Å². The Bertz CT molecular complexity index is 780. The van der Waals surface area contributed by atoms with Crippen LogP contribution in [0.1, 0.15) is 17.5 Å². The molecule has 8 nitrogen and oxygen atoms in total. The van der Waals surface area contributed by atoms with Gasteiger partial charge in [-0.2, -0.15) is 10.2 Å². The second kappa shape index (κ2) is 10.3. The maximum atomic E-state index is 11.7. The summed E-state index contributed by atoms with van der Waals surface area (Å²) in [7, 11) is 3.09. The van der Waals surface area contributed by atoms with Crippen molar-refractivity contribution in [2.45, 2.75) is 6.42 Å². The third-order valence-corrected chi connectivity index (χ3v) is 3.38. The van der Waals surface area contributed by atoms with Crippen LogP contribution in [0.3, 0.4) is 0 Å². The van der Waals surface area contributed by atoms with Crippen LogP contribution in [0.5, 0.6) is 11.5 Å². The molecule has 0 saturated carbocycles. The van der Waals surface area contributed by atoms with E-state index in [1.165, 1.54) is 12.4 Å². The summed E-state index contributed by atoms with van der Waals surface area (Å²) in [5.74, 6) is 0.120. The molecule has 0 fully saturated rings. The molecule has 0 radical (unpaired) electrons. The number of ether oxygens (including phenoxy) is 2. The van der Waals surface area contributed by atoms with Crippen molar-refractivity contribution in [1.29, 1.82) is 0 Å². The van der Waals surface area contributed by atoms with Gasteiger partial charge in [0.1, 0.15) is 17.9 Å². The van der Waals surface area contributed by atoms with Crippen molar-refractivity contribution in [3.63, 3.8) is 0 Å². The van der Waals surface area contributed by atoms with Gasteiger partial charge in [0.05, 0.1) is 26.6 Å². The van der Waals surface area contributed by atoms with E-state index in [1.807, 2.05) is 24.3 Å². The van der Waals surface area contributed by atoms with Crippen LogP contribution in [-0.2, 0) is 9.59 Å². The Morgan fingerprint density at radius 2 is 1.22 bits per heavy atom. The lowest BCUT2D eigenvalue weighted by molar-refractivity contribution is -0.129. The summed E-state index contributed by atoms with van der Waals surface area (Å²) in [6.45, 7) is 0. The van der Waals surface area contributed by atoms with Crippen LogP contribution in [0.2, 0.25) is 0 Å². The number of benzene rings is 2. The number of amides is 2. The molecule has 27 heavy (non-hydrogen) atoms. The monoisotopic (exact) mass is 368 g/mol. The highest BCUT2D eigenvalue weighted by Gasteiger charge is 2.08. The number of hydrogen-bond acceptors (Lipinski definition) is 6. The van der Waals surface area contributed by atoms with E-state index in [-0.39, 0.29) is 0 Å². The minimum absolute atomic E-state index is 0.410. The lowest BCUT2D eigenvalue weighted by atomic mass is 10.2. The SMILES string of the molecule is COc1ccccc1C=NNC(=O)CC(=O)NN=Cc1ccccc1OC. The fourth-order valence-corrected chi connectivity index (χ4v) is 2.12. The number of carbonyl (C=O) groups is 2. The summed E-state index contributed by atoms with van der Waals surface area (Å²) in [5.41, 5.74) is 5.96. The number of nitrogens with zero attached hydrogens (tertiary/aromatic N) is 2. The Balaban J connectivity index is 1.81. The van der Waals surface area contributed by atoms with Crippen molar-refractivity contribution in [3.8, 4) is 11.5 Å². The van der Waals surface area contributed by atoms with Crippen LogP contribution < -0.4 is 20.3 Å². The van der Waals surface area contributed by atoms with Crippen LogP contribution in [0.25, 0.3) is 0 Å². The standard InChI is InChI=1S/C19H20N4O4/c1-26-16-9-5-3-7-14(16)12-20-22-18(24)11-19(25)23-21-13-15-8-4-6-10-17(15)27-2/h3-10,12-13H,11H2,1-2H3,(H,22,24)(H,23,25). The summed E-state index contributed by atoms with van der Waals surface area (Å²) >= 11 is 0. The van der Waals surface area contributed by atoms with Crippen molar-refractivity contribution in [3.05, 3.63) is 59.7 Å². The predicted octanol–water partition coefficient (Wildman–Crippen LogP) is 1.69. The van der Waals surface area contributed by atoms with Gasteiger partial charge in [-0.1, -0.05) is 24.3 Å². The van der Waals surface area contributed by atoms with E-state index < -0.39 is 18.2 Å². The lowest BCUT2D eigenvalue weighted by Gasteiger charge is -2.04. The zero-order valence-electron chi connectivity index (χ0n) is 15.0. The Hall–Kier alpha value is -3.68. The molecule has 2 aromatic rings. The minimum Gasteiger partial charge on any atom is -0.496 e. The highest BCUT2D eigenvalue weighted by Crippen LogP contribution is 2.15. The number of hydrogen-bond donors (Lipinski definition) is 2. The average Bonchev–Trinajstić information content (AvgIpc) is 2.68. The van der Waals surface area contributed by atoms with E-state index in [0.717, 1.165) is 0 Å². The van der Waals surface area contributed by atoms with Gasteiger partial charge in [0.25, 0.3) is 0 Å². The number of hydrazone groups is 2. The molecule has 140 valence electrons. The maximum absolute atomic E-state index is 11.7. The quantitative estimate of drug-likeness (QED) is 0.421. The second-order valence-electron chi connectivity index (χ2n) is 5.25. The molecule has 2 N–H and O–H groups in total. The molecule has 0 heterocycles. The number of para-hydroxylation sites is 2. The first-order chi connectivity index (χ1) is 13.1. The Labute approximate surface area is 156 Å². The fourth-order valence-electron chi connectivity index (χ4n) is 2.12. The third kappa shape index (κ3) is 6.28. The molecule has 0 spiro atoms. The van der Waals surface area contributed by atoms with Crippen LogP contribution in [-0.4, -0.2) is 38.5 Å². The van der Waals surface area contributed by atoms with Crippen LogP contribution >= 0.6 is 0 Å². The largest absolute Gasteiger partial charge is 0.496 e. The Morgan fingerprint density at radius 1 is 0.815 bits per heavy atom. The lowest BCUT2D eigenvalue weighted by Crippen LogP contribution is -2.27. The molecule has 0 aliphatic rings. The van der Waals surface area contributed by atoms with E-state index in [1.54, 1.807) is 38.5 Å². The highest BCUT2D eigenvalue weighted by atomic mass is 16.5. The van der Waals surface area contributed by atoms with E-state index >= 15 is 0 Å². The summed E-state index contributed by atoms with van der Waals surface area (Å²) in [4.78, 5) is 23.5. The number of carbonyl (C=O) groups excluding carboxylic acids is 2. The first-order valence-electron chi connectivity index (χ1n) is 8.04. The second-order valence-corrected chi connectivity index (χ2v) is 5.25. The van der Waals surface area contributed by atoms with E-state index in [9.17, 15) is 9.59 Å². The molecule has 0 unspecified atom stereocenters. The van der Waals surface area contributed by atoms with Crippen molar-refractivity contribution >= 4 is 24.2 Å². The summed E-state index contributed by atoms with van der Waals surface area (Å²) in [5, 5.41) is 7.63. The first kappa shape index (κ1) is 19.6. The Kier molecular flexibility index (Phi) is 7.52. The molecule has 2 rings (SSSR count). The van der Waals surface area contributed by atoms with Gasteiger partial charge in [-0.15, -0.1) is 0 Å². The van der Waals surface area contributed by atoms with Gasteiger partial charge in [-0.25, -0.2) is 10.9 Å². The molecule has 0 saturated heterocycles. The smallest absolute Gasteiger partial charge is 0.249 e. The van der Waals surface area contributed by atoms with Crippen molar-refractivity contribution < 1.29 is 19.1 Å². The van der Waals surface area contributed by atoms with Gasteiger partial charge in [0, 0.05) is 11.1 Å². The molecule has 0 atom stereocenters. The number of methoxy groups -OCH3 is 2. The third-order valence-electron chi connectivity index (χ3n) is 3.38. The van der Waals surface area contributed by atoms with E-state index in [0.29, 0.717) is 22.6 Å². The molecule has 0 aliphatic heterocycles. The van der Waals surface area contributed by atoms with Crippen LogP contribution in [0.4, 0.5) is 0 Å². The molecular formula is C19H20N4O4. The van der Waals surface area contributed by atoms with E-state index in [4.69, 9.17) is 9.47 Å². The fraction of sp³-hybridized carbons (Fsp3) is 0.158. The molecule has 8 heteroatoms. The van der Waals surface area contributed by atoms with Crippen LogP contribution in [0.15, 0.2) is 58.7 Å². The summed E-state index contributed by atoms with van der Waals surface area (Å²) in [6.07, 6.45) is 2.47. The normalized spacial score (nSPS) is 10.7. The molecular weight excluding hydrogens is 348 g/mol. The molecule has 2 aromatic carbocycles. The van der Waals surface area contributed by atoms with E-state index in [2.05, 4.69) is 21.1 Å². The summed E-state index contributed by atoms with van der Waals surface area (Å²) in [6, 6.07) is 14.4. The molecule has 0 aliphatic carbocycles. The van der Waals surface area contributed by atoms with Gasteiger partial charge in [-0.3, -0.25) is 9.59 Å². The van der Waals surface area contributed by atoms with Crippen LogP contribution in [0, 0.1) is 0 Å². The van der Waals surface area contributed by atoms with Gasteiger partial charge in [0.2, 0.25) is 11.8 Å². The number of rotatable bonds is 8. The zero-order valence-corrected chi connectivity index (χ0v) is 15.0. The van der Waals surface area contributed by atoms with Gasteiger partial charge in [0.15, 0.2) is 0 Å². The van der Waals surface area contributed by atoms with Gasteiger partial charge >= 0.3 is 0 Å². The predicted molar refractivity (Wildman–Crippen MR) is 102 cm³/mol. The minimum atomic E-state index is -0.564. The molecule has 0 aromatic heterocycles. The van der Waals surface area contributed by atoms with Crippen molar-refractivity contribution in [2.75, 3.05) is 14.2 Å². The summed E-state index contributed by atoms with van der Waals surface area (Å²) < 4.78 is 10.3. The molecule has 2 amide bonds. The Morgan fingerprint density at radius 3 is 1.63 bits per heavy atom. The average molecular weight is 368 g/mol. The molecule has 0 bridgehead atoms. The van der Waals surface area contributed by atoms with Crippen molar-refractivity contribution in [1.82, 2.24) is 10.9 Å². The zero-order chi connectivity index (χ0) is 19.5. The maximum Gasteiger partial charge on any atom is 0.249 e. The number of nitrogens with one attached hydrogen (secondary N) is 2. The highest BCUT2D eigenvalue weighted by molar-refractivity contribution is 5.97.